The van der Waals surface area contributed by atoms with E-state index in [0.29, 0.717) is 23.7 Å². The first-order chi connectivity index (χ1) is 16.7. The molecule has 0 bridgehead atoms. The van der Waals surface area contributed by atoms with Crippen molar-refractivity contribution in [2.75, 3.05) is 7.11 Å². The van der Waals surface area contributed by atoms with E-state index >= 15 is 0 Å². The number of carbonyl (C=O) groups excluding carboxylic acids is 2. The topological polar surface area (TPSA) is 61.8 Å². The average molecular weight is 481 g/mol. The van der Waals surface area contributed by atoms with E-state index < -0.39 is 0 Å². The SMILES string of the molecule is COc1ccc([C@H]2C=C3C[C@@H](OC(C)=O)CC[C@]3(C)[C@H]3CC[C@]4(C)[C@@H](OC(C)=O)CC[C@H]4[C@H]23)cc1. The first-order valence-corrected chi connectivity index (χ1v) is 13.4. The van der Waals surface area contributed by atoms with Crippen LogP contribution in [0, 0.1) is 28.6 Å². The van der Waals surface area contributed by atoms with E-state index in [-0.39, 0.29) is 35.0 Å². The van der Waals surface area contributed by atoms with Crippen LogP contribution in [0.15, 0.2) is 35.9 Å². The molecule has 0 N–H and O–H groups in total. The van der Waals surface area contributed by atoms with Gasteiger partial charge in [0.05, 0.1) is 7.11 Å². The predicted molar refractivity (Wildman–Crippen MR) is 134 cm³/mol. The molecule has 0 spiro atoms. The second kappa shape index (κ2) is 8.97. The molecule has 5 heteroatoms. The number of hydrogen-bond donors (Lipinski definition) is 0. The molecular weight excluding hydrogens is 440 g/mol. The first-order valence-electron chi connectivity index (χ1n) is 13.4. The van der Waals surface area contributed by atoms with Gasteiger partial charge in [0, 0.05) is 31.6 Å². The summed E-state index contributed by atoms with van der Waals surface area (Å²) >= 11 is 0. The van der Waals surface area contributed by atoms with E-state index in [2.05, 4.69) is 44.2 Å². The van der Waals surface area contributed by atoms with Crippen LogP contribution in [-0.4, -0.2) is 31.3 Å². The van der Waals surface area contributed by atoms with Gasteiger partial charge >= 0.3 is 11.9 Å². The number of carbonyl (C=O) groups is 2. The molecule has 0 unspecified atom stereocenters. The molecule has 190 valence electrons. The smallest absolute Gasteiger partial charge is 0.302 e. The van der Waals surface area contributed by atoms with Crippen molar-refractivity contribution in [3.05, 3.63) is 41.5 Å². The molecule has 0 radical (unpaired) electrons. The van der Waals surface area contributed by atoms with E-state index in [1.54, 1.807) is 14.0 Å². The highest BCUT2D eigenvalue weighted by Crippen LogP contribution is 2.67. The van der Waals surface area contributed by atoms with Gasteiger partial charge in [-0.2, -0.15) is 0 Å². The van der Waals surface area contributed by atoms with Crippen molar-refractivity contribution < 1.29 is 23.8 Å². The Labute approximate surface area is 209 Å². The van der Waals surface area contributed by atoms with E-state index in [0.717, 1.165) is 50.7 Å². The Bertz CT molecular complexity index is 1010. The van der Waals surface area contributed by atoms with Crippen molar-refractivity contribution in [2.24, 2.45) is 28.6 Å². The zero-order valence-electron chi connectivity index (χ0n) is 21.8. The van der Waals surface area contributed by atoms with Crippen molar-refractivity contribution in [3.63, 3.8) is 0 Å². The summed E-state index contributed by atoms with van der Waals surface area (Å²) in [4.78, 5) is 23.6. The van der Waals surface area contributed by atoms with Crippen molar-refractivity contribution >= 4 is 11.9 Å². The van der Waals surface area contributed by atoms with Crippen molar-refractivity contribution in [2.45, 2.75) is 90.8 Å². The predicted octanol–water partition coefficient (Wildman–Crippen LogP) is 6.21. The number of benzene rings is 1. The zero-order chi connectivity index (χ0) is 25.0. The molecule has 0 aromatic heterocycles. The fraction of sp³-hybridized carbons (Fsp3) is 0.667. The van der Waals surface area contributed by atoms with Crippen molar-refractivity contribution in [3.8, 4) is 5.75 Å². The van der Waals surface area contributed by atoms with Crippen LogP contribution in [-0.2, 0) is 19.1 Å². The summed E-state index contributed by atoms with van der Waals surface area (Å²) in [5.74, 6) is 2.41. The van der Waals surface area contributed by atoms with Crippen LogP contribution in [0.3, 0.4) is 0 Å². The fourth-order valence-electron chi connectivity index (χ4n) is 8.48. The molecule has 0 amide bonds. The third-order valence-electron chi connectivity index (χ3n) is 10.2. The molecule has 1 aromatic rings. The molecule has 3 fully saturated rings. The van der Waals surface area contributed by atoms with Crippen LogP contribution in [0.4, 0.5) is 0 Å². The maximum absolute atomic E-state index is 11.9. The number of esters is 2. The Kier molecular flexibility index (Phi) is 6.26. The van der Waals surface area contributed by atoms with Crippen LogP contribution >= 0.6 is 0 Å². The molecule has 5 rings (SSSR count). The zero-order valence-corrected chi connectivity index (χ0v) is 21.8. The third-order valence-corrected chi connectivity index (χ3v) is 10.2. The second-order valence-corrected chi connectivity index (χ2v) is 11.9. The number of methoxy groups -OCH3 is 1. The molecule has 3 saturated carbocycles. The number of allylic oxidation sites excluding steroid dienone is 1. The van der Waals surface area contributed by atoms with Gasteiger partial charge in [-0.1, -0.05) is 37.6 Å². The van der Waals surface area contributed by atoms with Gasteiger partial charge < -0.3 is 14.2 Å². The molecule has 5 nitrogen and oxygen atoms in total. The van der Waals surface area contributed by atoms with Gasteiger partial charge in [0.1, 0.15) is 18.0 Å². The van der Waals surface area contributed by atoms with Gasteiger partial charge in [0.25, 0.3) is 0 Å². The van der Waals surface area contributed by atoms with Gasteiger partial charge in [-0.25, -0.2) is 0 Å². The van der Waals surface area contributed by atoms with E-state index in [9.17, 15) is 9.59 Å². The van der Waals surface area contributed by atoms with Crippen LogP contribution in [0.2, 0.25) is 0 Å². The highest BCUT2D eigenvalue weighted by molar-refractivity contribution is 5.66. The van der Waals surface area contributed by atoms with Crippen molar-refractivity contribution in [1.82, 2.24) is 0 Å². The Morgan fingerprint density at radius 2 is 1.60 bits per heavy atom. The fourth-order valence-corrected chi connectivity index (χ4v) is 8.48. The number of ether oxygens (including phenoxy) is 3. The van der Waals surface area contributed by atoms with Crippen LogP contribution in [0.5, 0.6) is 5.75 Å². The van der Waals surface area contributed by atoms with Crippen LogP contribution < -0.4 is 4.74 Å². The average Bonchev–Trinajstić information content (AvgIpc) is 3.14. The van der Waals surface area contributed by atoms with Gasteiger partial charge in [-0.3, -0.25) is 9.59 Å². The monoisotopic (exact) mass is 480 g/mol. The lowest BCUT2D eigenvalue weighted by Gasteiger charge is -2.60. The quantitative estimate of drug-likeness (QED) is 0.378. The third kappa shape index (κ3) is 4.09. The Morgan fingerprint density at radius 3 is 2.26 bits per heavy atom. The van der Waals surface area contributed by atoms with Gasteiger partial charge in [-0.15, -0.1) is 0 Å². The molecule has 0 heterocycles. The minimum Gasteiger partial charge on any atom is -0.497 e. The standard InChI is InChI=1S/C30H40O5/c1-18(31)34-23-12-14-29(3)21(16-23)17-24(20-6-8-22(33-5)9-7-20)28-25-10-11-27(35-19(2)32)30(25,4)15-13-26(28)29/h6-9,17,23-28H,10-16H2,1-5H3/t23-,24+,25-,26-,27-,28-,29-,30-/m0/s1. The minimum absolute atomic E-state index is 0.0142. The Balaban J connectivity index is 1.56. The first kappa shape index (κ1) is 24.4. The molecule has 4 aliphatic carbocycles. The molecule has 4 aliphatic rings. The molecular formula is C30H40O5. The largest absolute Gasteiger partial charge is 0.497 e. The Hall–Kier alpha value is -2.30. The number of rotatable bonds is 4. The molecule has 0 aliphatic heterocycles. The highest BCUT2D eigenvalue weighted by atomic mass is 16.5. The second-order valence-electron chi connectivity index (χ2n) is 11.9. The maximum atomic E-state index is 11.9. The summed E-state index contributed by atoms with van der Waals surface area (Å²) in [5, 5.41) is 0. The van der Waals surface area contributed by atoms with Crippen LogP contribution in [0.1, 0.15) is 84.1 Å². The number of hydrogen-bond acceptors (Lipinski definition) is 5. The lowest BCUT2D eigenvalue weighted by atomic mass is 9.45. The summed E-state index contributed by atoms with van der Waals surface area (Å²) in [6.45, 7) is 7.90. The maximum Gasteiger partial charge on any atom is 0.302 e. The van der Waals surface area contributed by atoms with Gasteiger partial charge in [-0.05, 0) is 79.4 Å². The van der Waals surface area contributed by atoms with Crippen LogP contribution in [0.25, 0.3) is 0 Å². The summed E-state index contributed by atoms with van der Waals surface area (Å²) in [6, 6.07) is 8.57. The molecule has 0 saturated heterocycles. The summed E-state index contributed by atoms with van der Waals surface area (Å²) in [6.07, 6.45) is 9.67. The summed E-state index contributed by atoms with van der Waals surface area (Å²) in [7, 11) is 1.70. The molecule has 8 atom stereocenters. The lowest BCUT2D eigenvalue weighted by molar-refractivity contribution is -0.157. The number of fused-ring (bicyclic) bond motifs is 5. The van der Waals surface area contributed by atoms with Gasteiger partial charge in [0.2, 0.25) is 0 Å². The minimum atomic E-state index is -0.185. The van der Waals surface area contributed by atoms with E-state index in [1.807, 2.05) is 0 Å². The Morgan fingerprint density at radius 1 is 0.886 bits per heavy atom. The molecule has 1 aromatic carbocycles. The van der Waals surface area contributed by atoms with Gasteiger partial charge in [0.15, 0.2) is 0 Å². The normalized spacial score (nSPS) is 40.0. The summed E-state index contributed by atoms with van der Waals surface area (Å²) < 4.78 is 17.0. The van der Waals surface area contributed by atoms with E-state index in [1.165, 1.54) is 18.1 Å². The highest BCUT2D eigenvalue weighted by Gasteiger charge is 2.61. The lowest BCUT2D eigenvalue weighted by Crippen LogP contribution is -2.53. The summed E-state index contributed by atoms with van der Waals surface area (Å²) in [5.41, 5.74) is 2.94. The van der Waals surface area contributed by atoms with E-state index in [4.69, 9.17) is 14.2 Å². The molecule has 35 heavy (non-hydrogen) atoms. The van der Waals surface area contributed by atoms with Crippen molar-refractivity contribution in [1.29, 1.82) is 0 Å².